The summed E-state index contributed by atoms with van der Waals surface area (Å²) in [5.41, 5.74) is 3.40. The average Bonchev–Trinajstić information content (AvgIpc) is 3.35. The maximum Gasteiger partial charge on any atom is 0.125 e. The van der Waals surface area contributed by atoms with Crippen LogP contribution in [0.2, 0.25) is 0 Å². The van der Waals surface area contributed by atoms with Crippen molar-refractivity contribution in [3.8, 4) is 21.1 Å². The molecule has 4 heterocycles. The number of aliphatic imine (C=N–C) groups is 1. The third-order valence-electron chi connectivity index (χ3n) is 3.81. The van der Waals surface area contributed by atoms with E-state index in [1.54, 1.807) is 34.9 Å². The van der Waals surface area contributed by atoms with Crippen LogP contribution in [0.15, 0.2) is 72.0 Å². The fraction of sp³-hybridized carbons (Fsp3) is 0. The summed E-state index contributed by atoms with van der Waals surface area (Å²) in [5.74, 6) is 0. The normalized spacial score (nSPS) is 11.6. The number of aromatic nitrogens is 3. The first-order valence-electron chi connectivity index (χ1n) is 7.85. The van der Waals surface area contributed by atoms with Gasteiger partial charge in [-0.3, -0.25) is 9.98 Å². The number of hydrogen-bond donors (Lipinski definition) is 0. The highest BCUT2D eigenvalue weighted by Crippen LogP contribution is 2.36. The van der Waals surface area contributed by atoms with Gasteiger partial charge in [-0.15, -0.1) is 22.7 Å². The maximum atomic E-state index is 4.85. The van der Waals surface area contributed by atoms with E-state index < -0.39 is 0 Å². The Morgan fingerprint density at radius 1 is 1.23 bits per heavy atom. The number of rotatable bonds is 5. The minimum atomic E-state index is 0.710. The van der Waals surface area contributed by atoms with E-state index in [9.17, 15) is 0 Å². The van der Waals surface area contributed by atoms with Crippen LogP contribution in [-0.4, -0.2) is 21.7 Å². The van der Waals surface area contributed by atoms with Crippen molar-refractivity contribution in [3.63, 3.8) is 0 Å². The number of thiazole rings is 1. The molecular weight excluding hydrogens is 360 g/mol. The number of hydrogen-bond acceptors (Lipinski definition) is 6. The Kier molecular flexibility index (Phi) is 4.51. The highest BCUT2D eigenvalue weighted by molar-refractivity contribution is 7.18. The number of thiophene rings is 1. The topological polar surface area (TPSA) is 51.0 Å². The molecule has 0 radical (unpaired) electrons. The predicted molar refractivity (Wildman–Crippen MR) is 112 cm³/mol. The monoisotopic (exact) mass is 374 g/mol. The van der Waals surface area contributed by atoms with Crippen LogP contribution in [0, 0.1) is 0 Å². The van der Waals surface area contributed by atoms with Crippen molar-refractivity contribution in [1.29, 1.82) is 0 Å². The molecule has 4 aromatic heterocycles. The minimum absolute atomic E-state index is 0.710. The first-order valence-corrected chi connectivity index (χ1v) is 9.54. The molecule has 0 aromatic carbocycles. The molecule has 0 aliphatic carbocycles. The Morgan fingerprint density at radius 2 is 2.15 bits per heavy atom. The van der Waals surface area contributed by atoms with Gasteiger partial charge in [0.25, 0.3) is 0 Å². The van der Waals surface area contributed by atoms with E-state index in [4.69, 9.17) is 4.98 Å². The van der Waals surface area contributed by atoms with Gasteiger partial charge in [0, 0.05) is 34.2 Å². The second-order valence-corrected chi connectivity index (χ2v) is 7.38. The molecule has 0 aliphatic rings. The second kappa shape index (κ2) is 7.11. The molecule has 0 unspecified atom stereocenters. The molecule has 4 aromatic rings. The van der Waals surface area contributed by atoms with Gasteiger partial charge >= 0.3 is 0 Å². The Balaban J connectivity index is 1.85. The summed E-state index contributed by atoms with van der Waals surface area (Å²) < 4.78 is 1.15. The molecular formula is C20H14N4S2. The largest absolute Gasteiger partial charge is 0.264 e. The van der Waals surface area contributed by atoms with Gasteiger partial charge in [0.1, 0.15) is 5.01 Å². The fourth-order valence-corrected chi connectivity index (χ4v) is 4.31. The molecule has 0 saturated carbocycles. The van der Waals surface area contributed by atoms with Crippen molar-refractivity contribution in [1.82, 2.24) is 15.0 Å². The summed E-state index contributed by atoms with van der Waals surface area (Å²) in [6.45, 7) is 7.43. The quantitative estimate of drug-likeness (QED) is 0.332. The van der Waals surface area contributed by atoms with E-state index in [1.807, 2.05) is 30.6 Å². The highest BCUT2D eigenvalue weighted by atomic mass is 32.1. The predicted octanol–water partition coefficient (Wildman–Crippen LogP) is 5.71. The Bertz CT molecular complexity index is 1120. The number of nitrogens with zero attached hydrogens (tertiary/aromatic N) is 4. The zero-order chi connectivity index (χ0) is 17.9. The summed E-state index contributed by atoms with van der Waals surface area (Å²) in [6.07, 6.45) is 8.95. The van der Waals surface area contributed by atoms with E-state index in [0.29, 0.717) is 5.70 Å². The zero-order valence-electron chi connectivity index (χ0n) is 13.8. The van der Waals surface area contributed by atoms with Crippen molar-refractivity contribution >= 4 is 45.2 Å². The Morgan fingerprint density at radius 3 is 2.92 bits per heavy atom. The van der Waals surface area contributed by atoms with E-state index >= 15 is 0 Å². The van der Waals surface area contributed by atoms with E-state index in [0.717, 1.165) is 36.9 Å². The molecule has 4 rings (SSSR count). The number of allylic oxidation sites excluding steroid dienone is 2. The van der Waals surface area contributed by atoms with Crippen LogP contribution in [0.25, 0.3) is 36.9 Å². The molecule has 6 heteroatoms. The third-order valence-corrected chi connectivity index (χ3v) is 5.74. The molecule has 0 fully saturated rings. The lowest BCUT2D eigenvalue weighted by Crippen LogP contribution is -1.91. The molecule has 0 aliphatic heterocycles. The highest BCUT2D eigenvalue weighted by Gasteiger charge is 2.14. The van der Waals surface area contributed by atoms with Gasteiger partial charge in [-0.2, -0.15) is 0 Å². The van der Waals surface area contributed by atoms with E-state index in [2.05, 4.69) is 45.8 Å². The summed E-state index contributed by atoms with van der Waals surface area (Å²) in [6, 6.07) is 8.07. The van der Waals surface area contributed by atoms with E-state index in [-0.39, 0.29) is 0 Å². The van der Waals surface area contributed by atoms with Crippen molar-refractivity contribution in [2.45, 2.75) is 0 Å². The van der Waals surface area contributed by atoms with E-state index in [1.165, 1.54) is 0 Å². The molecule has 0 saturated heterocycles. The van der Waals surface area contributed by atoms with Gasteiger partial charge in [0.05, 0.1) is 22.0 Å². The standard InChI is InChI=1S/C20H14N4S2/c1-3-5-15(21-2)19-14-7-9-25-17(14)10-16(24-19)18-12-23-20(26-18)13-6-4-8-22-11-13/h3-12H,1-2H2/b15-5-. The first kappa shape index (κ1) is 16.5. The molecule has 0 N–H and O–H groups in total. The van der Waals surface area contributed by atoms with Gasteiger partial charge in [0.2, 0.25) is 0 Å². The third kappa shape index (κ3) is 3.00. The van der Waals surface area contributed by atoms with Crippen LogP contribution < -0.4 is 0 Å². The maximum absolute atomic E-state index is 4.85. The van der Waals surface area contributed by atoms with Gasteiger partial charge in [-0.25, -0.2) is 9.97 Å². The smallest absolute Gasteiger partial charge is 0.125 e. The molecule has 0 amide bonds. The summed E-state index contributed by atoms with van der Waals surface area (Å²) in [5, 5.41) is 4.05. The molecule has 4 nitrogen and oxygen atoms in total. The molecule has 0 atom stereocenters. The summed E-state index contributed by atoms with van der Waals surface area (Å²) >= 11 is 3.28. The number of pyridine rings is 2. The van der Waals surface area contributed by atoms with Gasteiger partial charge in [-0.1, -0.05) is 12.7 Å². The van der Waals surface area contributed by atoms with Crippen LogP contribution in [0.5, 0.6) is 0 Å². The molecule has 126 valence electrons. The van der Waals surface area contributed by atoms with Crippen LogP contribution in [0.4, 0.5) is 0 Å². The van der Waals surface area contributed by atoms with Gasteiger partial charge in [0.15, 0.2) is 0 Å². The van der Waals surface area contributed by atoms with Crippen molar-refractivity contribution in [3.05, 3.63) is 72.7 Å². The summed E-state index contributed by atoms with van der Waals surface area (Å²) in [4.78, 5) is 18.7. The lowest BCUT2D eigenvalue weighted by Gasteiger charge is -2.05. The molecule has 0 spiro atoms. The van der Waals surface area contributed by atoms with Gasteiger partial charge in [-0.05, 0) is 42.4 Å². The zero-order valence-corrected chi connectivity index (χ0v) is 15.4. The van der Waals surface area contributed by atoms with Crippen LogP contribution in [0.3, 0.4) is 0 Å². The fourth-order valence-electron chi connectivity index (χ4n) is 2.62. The Hall–Kier alpha value is -2.96. The van der Waals surface area contributed by atoms with Crippen molar-refractivity contribution < 1.29 is 0 Å². The minimum Gasteiger partial charge on any atom is -0.264 e. The lowest BCUT2D eigenvalue weighted by atomic mass is 10.1. The molecule has 26 heavy (non-hydrogen) atoms. The second-order valence-electron chi connectivity index (χ2n) is 5.41. The SMILES string of the molecule is C=C/C=C(\N=C)c1nc(-c2cnc(-c3cccnc3)s2)cc2sccc12. The van der Waals surface area contributed by atoms with Crippen LogP contribution >= 0.6 is 22.7 Å². The number of fused-ring (bicyclic) bond motifs is 1. The Labute approximate surface area is 159 Å². The van der Waals surface area contributed by atoms with Crippen molar-refractivity contribution in [2.24, 2.45) is 4.99 Å². The molecule has 0 bridgehead atoms. The average molecular weight is 374 g/mol. The van der Waals surface area contributed by atoms with Gasteiger partial charge < -0.3 is 0 Å². The first-order chi connectivity index (χ1) is 12.8. The summed E-state index contributed by atoms with van der Waals surface area (Å²) in [7, 11) is 0. The van der Waals surface area contributed by atoms with Crippen molar-refractivity contribution in [2.75, 3.05) is 0 Å². The van der Waals surface area contributed by atoms with Crippen LogP contribution in [-0.2, 0) is 0 Å². The lowest BCUT2D eigenvalue weighted by molar-refractivity contribution is 1.29. The van der Waals surface area contributed by atoms with Crippen LogP contribution in [0.1, 0.15) is 5.69 Å².